The van der Waals surface area contributed by atoms with Crippen LogP contribution in [0.25, 0.3) is 17.0 Å². The van der Waals surface area contributed by atoms with Crippen LogP contribution >= 0.6 is 0 Å². The number of hydrogen-bond acceptors (Lipinski definition) is 4. The molecule has 5 heteroatoms. The first-order valence-electron chi connectivity index (χ1n) is 11.1. The van der Waals surface area contributed by atoms with Gasteiger partial charge in [0.2, 0.25) is 0 Å². The summed E-state index contributed by atoms with van der Waals surface area (Å²) >= 11 is 0. The van der Waals surface area contributed by atoms with E-state index in [1.54, 1.807) is 7.11 Å². The lowest BCUT2D eigenvalue weighted by atomic mass is 10.0. The van der Waals surface area contributed by atoms with E-state index in [0.717, 1.165) is 40.9 Å². The second kappa shape index (κ2) is 10.8. The van der Waals surface area contributed by atoms with Crippen molar-refractivity contribution in [2.24, 2.45) is 5.16 Å². The molecule has 5 nitrogen and oxygen atoms in total. The number of fused-ring (bicyclic) bond motifs is 1. The number of anilines is 1. The molecule has 0 fully saturated rings. The highest BCUT2D eigenvalue weighted by atomic mass is 16.6. The van der Waals surface area contributed by atoms with E-state index in [-0.39, 0.29) is 0 Å². The summed E-state index contributed by atoms with van der Waals surface area (Å²) in [5, 5.41) is 10.2. The van der Waals surface area contributed by atoms with Crippen LogP contribution in [0.4, 0.5) is 5.69 Å². The molecule has 0 N–H and O–H groups in total. The molecule has 1 aromatic heterocycles. The maximum atomic E-state index is 4.95. The van der Waals surface area contributed by atoms with Crippen molar-refractivity contribution in [3.8, 4) is 0 Å². The van der Waals surface area contributed by atoms with Crippen molar-refractivity contribution >= 4 is 28.4 Å². The molecule has 0 bridgehead atoms. The van der Waals surface area contributed by atoms with Gasteiger partial charge in [0.25, 0.3) is 0 Å². The minimum absolute atomic E-state index is 0.471. The molecule has 0 aliphatic heterocycles. The van der Waals surface area contributed by atoms with Crippen LogP contribution in [-0.2, 0) is 4.84 Å². The number of nitrogens with zero attached hydrogens (tertiary/aromatic N) is 4. The van der Waals surface area contributed by atoms with E-state index in [9.17, 15) is 0 Å². The van der Waals surface area contributed by atoms with E-state index in [1.165, 1.54) is 18.2 Å². The predicted octanol–water partition coefficient (Wildman–Crippen LogP) is 6.31. The second-order valence-corrected chi connectivity index (χ2v) is 8.06. The van der Waals surface area contributed by atoms with Gasteiger partial charge in [0, 0.05) is 36.9 Å². The first-order valence-corrected chi connectivity index (χ1v) is 11.1. The predicted molar refractivity (Wildman–Crippen MR) is 133 cm³/mol. The van der Waals surface area contributed by atoms with Crippen LogP contribution in [0.2, 0.25) is 0 Å². The molecule has 1 aliphatic carbocycles. The van der Waals surface area contributed by atoms with E-state index >= 15 is 0 Å². The van der Waals surface area contributed by atoms with Gasteiger partial charge in [-0.1, -0.05) is 68.3 Å². The molecule has 0 unspecified atom stereocenters. The molecule has 1 aromatic carbocycles. The van der Waals surface area contributed by atoms with Gasteiger partial charge in [0.05, 0.1) is 11.6 Å². The lowest BCUT2D eigenvalue weighted by molar-refractivity contribution is 0.214. The van der Waals surface area contributed by atoms with Crippen molar-refractivity contribution in [3.63, 3.8) is 0 Å². The third-order valence-corrected chi connectivity index (χ3v) is 5.45. The summed E-state index contributed by atoms with van der Waals surface area (Å²) in [4.78, 5) is 7.09. The van der Waals surface area contributed by atoms with Gasteiger partial charge < -0.3 is 9.74 Å². The van der Waals surface area contributed by atoms with Gasteiger partial charge in [-0.25, -0.2) is 0 Å². The fraction of sp³-hybridized carbons (Fsp3) is 0.385. The standard InChI is InChI=1S/C26H34N4O/c1-6-11-23(12-7-2)30-19-22-17-21(26(29(3)4)18-25(22)27-30)15-10-14-20-13-8-9-16-24(20)28-31-5/h8-10,13-19,23H,6-7,11-12H2,1-5H3/b15-10+,20-14-,28-24+. The molecule has 2 aromatic rings. The zero-order valence-corrected chi connectivity index (χ0v) is 19.4. The van der Waals surface area contributed by atoms with Crippen molar-refractivity contribution < 1.29 is 4.84 Å². The maximum Gasteiger partial charge on any atom is 0.110 e. The Bertz CT molecular complexity index is 1030. The molecule has 1 aliphatic rings. The molecular formula is C26H34N4O. The quantitative estimate of drug-likeness (QED) is 0.448. The summed E-state index contributed by atoms with van der Waals surface area (Å²) in [6, 6.07) is 4.90. The molecule has 0 spiro atoms. The highest BCUT2D eigenvalue weighted by molar-refractivity contribution is 6.11. The molecular weight excluding hydrogens is 384 g/mol. The van der Waals surface area contributed by atoms with E-state index in [4.69, 9.17) is 9.94 Å². The molecule has 3 rings (SSSR count). The van der Waals surface area contributed by atoms with Crippen molar-refractivity contribution in [2.45, 2.75) is 45.6 Å². The fourth-order valence-corrected chi connectivity index (χ4v) is 3.95. The van der Waals surface area contributed by atoms with Crippen LogP contribution in [0.15, 0.2) is 65.5 Å². The molecule has 164 valence electrons. The minimum atomic E-state index is 0.471. The molecule has 0 atom stereocenters. The Labute approximate surface area is 186 Å². The van der Waals surface area contributed by atoms with E-state index in [1.807, 2.05) is 24.3 Å². The first-order chi connectivity index (χ1) is 15.1. The summed E-state index contributed by atoms with van der Waals surface area (Å²) in [6.07, 6.45) is 21.1. The Morgan fingerprint density at radius 2 is 1.87 bits per heavy atom. The normalized spacial score (nSPS) is 16.5. The molecule has 0 saturated carbocycles. The first kappa shape index (κ1) is 22.6. The van der Waals surface area contributed by atoms with Crippen LogP contribution in [0.3, 0.4) is 0 Å². The van der Waals surface area contributed by atoms with Crippen LogP contribution in [0.1, 0.15) is 51.1 Å². The average molecular weight is 419 g/mol. The van der Waals surface area contributed by atoms with Crippen LogP contribution in [0, 0.1) is 0 Å². The van der Waals surface area contributed by atoms with Gasteiger partial charge in [-0.05, 0) is 36.6 Å². The molecule has 1 heterocycles. The van der Waals surface area contributed by atoms with Crippen molar-refractivity contribution in [2.75, 3.05) is 26.1 Å². The van der Waals surface area contributed by atoms with E-state index in [0.29, 0.717) is 6.04 Å². The highest BCUT2D eigenvalue weighted by Gasteiger charge is 2.14. The molecule has 0 saturated heterocycles. The summed E-state index contributed by atoms with van der Waals surface area (Å²) < 4.78 is 2.18. The zero-order valence-electron chi connectivity index (χ0n) is 19.4. The number of hydrogen-bond donors (Lipinski definition) is 0. The summed E-state index contributed by atoms with van der Waals surface area (Å²) in [7, 11) is 5.71. The lowest BCUT2D eigenvalue weighted by Crippen LogP contribution is -2.10. The number of aromatic nitrogens is 2. The van der Waals surface area contributed by atoms with Crippen molar-refractivity contribution in [1.29, 1.82) is 0 Å². The summed E-state index contributed by atoms with van der Waals surface area (Å²) in [5.74, 6) is 0. The number of benzene rings is 1. The van der Waals surface area contributed by atoms with Gasteiger partial charge in [-0.2, -0.15) is 5.10 Å². The van der Waals surface area contributed by atoms with Crippen molar-refractivity contribution in [3.05, 3.63) is 65.9 Å². The Hall–Kier alpha value is -3.08. The molecule has 0 amide bonds. The number of rotatable bonds is 9. The molecule has 0 radical (unpaired) electrons. The smallest absolute Gasteiger partial charge is 0.110 e. The number of oxime groups is 1. The third-order valence-electron chi connectivity index (χ3n) is 5.45. The minimum Gasteiger partial charge on any atom is -0.399 e. The Morgan fingerprint density at radius 3 is 2.55 bits per heavy atom. The monoisotopic (exact) mass is 418 g/mol. The van der Waals surface area contributed by atoms with Crippen LogP contribution in [0.5, 0.6) is 0 Å². The van der Waals surface area contributed by atoms with Gasteiger partial charge >= 0.3 is 0 Å². The second-order valence-electron chi connectivity index (χ2n) is 8.06. The number of allylic oxidation sites excluding steroid dienone is 7. The highest BCUT2D eigenvalue weighted by Crippen LogP contribution is 2.29. The largest absolute Gasteiger partial charge is 0.399 e. The third kappa shape index (κ3) is 5.54. The zero-order chi connectivity index (χ0) is 22.2. The summed E-state index contributed by atoms with van der Waals surface area (Å²) in [6.45, 7) is 4.49. The Kier molecular flexibility index (Phi) is 7.88. The fourth-order valence-electron chi connectivity index (χ4n) is 3.95. The maximum absolute atomic E-state index is 4.95. The van der Waals surface area contributed by atoms with Crippen LogP contribution in [-0.4, -0.2) is 36.7 Å². The van der Waals surface area contributed by atoms with Gasteiger partial charge in [0.15, 0.2) is 0 Å². The topological polar surface area (TPSA) is 42.6 Å². The average Bonchev–Trinajstić information content (AvgIpc) is 3.17. The van der Waals surface area contributed by atoms with E-state index in [2.05, 4.69) is 79.2 Å². The van der Waals surface area contributed by atoms with Gasteiger partial charge in [0.1, 0.15) is 12.8 Å². The lowest BCUT2D eigenvalue weighted by Gasteiger charge is -2.16. The van der Waals surface area contributed by atoms with Crippen LogP contribution < -0.4 is 4.90 Å². The Balaban J connectivity index is 1.95. The SMILES string of the molecule is CCCC(CCC)n1cc2cc(/C=C/C=C3/C=CC=C/C3=N\OC)c(N(C)C)cc2n1. The Morgan fingerprint density at radius 1 is 1.13 bits per heavy atom. The van der Waals surface area contributed by atoms with Crippen molar-refractivity contribution in [1.82, 2.24) is 9.78 Å². The van der Waals surface area contributed by atoms with Gasteiger partial charge in [-0.15, -0.1) is 0 Å². The summed E-state index contributed by atoms with van der Waals surface area (Å²) in [5.41, 5.74) is 5.20. The van der Waals surface area contributed by atoms with Gasteiger partial charge in [-0.3, -0.25) is 4.68 Å². The van der Waals surface area contributed by atoms with E-state index < -0.39 is 0 Å². The molecule has 31 heavy (non-hydrogen) atoms.